The minimum Gasteiger partial charge on any atom is -0.258 e. The average molecular weight is 307 g/mol. The summed E-state index contributed by atoms with van der Waals surface area (Å²) < 4.78 is 26.5. The van der Waals surface area contributed by atoms with Crippen LogP contribution < -0.4 is 4.72 Å². The van der Waals surface area contributed by atoms with Crippen LogP contribution in [0.25, 0.3) is 0 Å². The molecule has 19 heavy (non-hydrogen) atoms. The van der Waals surface area contributed by atoms with Crippen molar-refractivity contribution in [1.82, 2.24) is 4.72 Å². The van der Waals surface area contributed by atoms with Crippen molar-refractivity contribution in [2.24, 2.45) is 0 Å². The summed E-state index contributed by atoms with van der Waals surface area (Å²) in [5, 5.41) is 10.6. The van der Waals surface area contributed by atoms with Crippen molar-refractivity contribution >= 4 is 27.3 Å². The van der Waals surface area contributed by atoms with Gasteiger partial charge in [-0.15, -0.1) is 0 Å². The molecule has 0 amide bonds. The van der Waals surface area contributed by atoms with Crippen molar-refractivity contribution in [3.63, 3.8) is 0 Å². The third-order valence-electron chi connectivity index (χ3n) is 2.50. The standard InChI is InChI=1S/C11H15ClN2O4S/c1-3-4-8(2)13-19(17,18)9-5-6-10(12)11(7-9)14(15)16/h5-8,13H,3-4H2,1-2H3. The van der Waals surface area contributed by atoms with Crippen molar-refractivity contribution in [3.8, 4) is 0 Å². The van der Waals surface area contributed by atoms with E-state index in [0.717, 1.165) is 12.5 Å². The van der Waals surface area contributed by atoms with Gasteiger partial charge in [-0.2, -0.15) is 0 Å². The molecule has 0 aromatic heterocycles. The van der Waals surface area contributed by atoms with Gasteiger partial charge < -0.3 is 0 Å². The molecule has 0 radical (unpaired) electrons. The van der Waals surface area contributed by atoms with E-state index < -0.39 is 20.6 Å². The zero-order valence-corrected chi connectivity index (χ0v) is 12.2. The van der Waals surface area contributed by atoms with Gasteiger partial charge in [0.1, 0.15) is 5.02 Å². The Morgan fingerprint density at radius 3 is 2.63 bits per heavy atom. The Morgan fingerprint density at radius 2 is 2.11 bits per heavy atom. The van der Waals surface area contributed by atoms with Gasteiger partial charge >= 0.3 is 0 Å². The molecule has 6 nitrogen and oxygen atoms in total. The topological polar surface area (TPSA) is 89.3 Å². The second kappa shape index (κ2) is 6.31. The predicted molar refractivity (Wildman–Crippen MR) is 72.8 cm³/mol. The monoisotopic (exact) mass is 306 g/mol. The summed E-state index contributed by atoms with van der Waals surface area (Å²) in [5.74, 6) is 0. The summed E-state index contributed by atoms with van der Waals surface area (Å²) in [5.41, 5.74) is -0.423. The molecule has 1 rings (SSSR count). The maximum absolute atomic E-state index is 12.0. The van der Waals surface area contributed by atoms with Crippen molar-refractivity contribution in [2.45, 2.75) is 37.6 Å². The number of nitrogens with one attached hydrogen (secondary N) is 1. The van der Waals surface area contributed by atoms with Crippen LogP contribution in [0.5, 0.6) is 0 Å². The van der Waals surface area contributed by atoms with Gasteiger partial charge in [-0.3, -0.25) is 10.1 Å². The highest BCUT2D eigenvalue weighted by atomic mass is 35.5. The Labute approximate surface area is 117 Å². The molecule has 0 spiro atoms. The van der Waals surface area contributed by atoms with Gasteiger partial charge in [0.25, 0.3) is 5.69 Å². The summed E-state index contributed by atoms with van der Waals surface area (Å²) in [7, 11) is -3.77. The largest absolute Gasteiger partial charge is 0.289 e. The number of nitro groups is 1. The van der Waals surface area contributed by atoms with Crippen LogP contribution in [0.1, 0.15) is 26.7 Å². The van der Waals surface area contributed by atoms with Crippen LogP contribution in [-0.4, -0.2) is 19.4 Å². The average Bonchev–Trinajstić information content (AvgIpc) is 2.28. The maximum Gasteiger partial charge on any atom is 0.289 e. The van der Waals surface area contributed by atoms with Gasteiger partial charge in [0.05, 0.1) is 9.82 Å². The van der Waals surface area contributed by atoms with Crippen LogP contribution in [0.4, 0.5) is 5.69 Å². The molecule has 0 aliphatic carbocycles. The molecule has 8 heteroatoms. The fourth-order valence-electron chi connectivity index (χ4n) is 1.62. The van der Waals surface area contributed by atoms with Gasteiger partial charge in [0.2, 0.25) is 10.0 Å². The molecule has 0 aliphatic heterocycles. The first kappa shape index (κ1) is 15.9. The molecule has 106 valence electrons. The van der Waals surface area contributed by atoms with Crippen molar-refractivity contribution < 1.29 is 13.3 Å². The van der Waals surface area contributed by atoms with Crippen LogP contribution in [-0.2, 0) is 10.0 Å². The highest BCUT2D eigenvalue weighted by Gasteiger charge is 2.21. The fourth-order valence-corrected chi connectivity index (χ4v) is 3.11. The van der Waals surface area contributed by atoms with E-state index in [9.17, 15) is 18.5 Å². The lowest BCUT2D eigenvalue weighted by molar-refractivity contribution is -0.384. The molecule has 1 unspecified atom stereocenters. The molecular weight excluding hydrogens is 292 g/mol. The van der Waals surface area contributed by atoms with E-state index >= 15 is 0 Å². The van der Waals surface area contributed by atoms with Gasteiger partial charge in [-0.1, -0.05) is 24.9 Å². The van der Waals surface area contributed by atoms with Crippen molar-refractivity contribution in [3.05, 3.63) is 33.3 Å². The minimum atomic E-state index is -3.77. The van der Waals surface area contributed by atoms with E-state index in [1.165, 1.54) is 12.1 Å². The van der Waals surface area contributed by atoms with Crippen LogP contribution in [0.15, 0.2) is 23.1 Å². The molecule has 0 saturated carbocycles. The summed E-state index contributed by atoms with van der Waals surface area (Å²) in [6, 6.07) is 3.18. The molecule has 0 bridgehead atoms. The first-order chi connectivity index (χ1) is 8.77. The van der Waals surface area contributed by atoms with E-state index in [-0.39, 0.29) is 16.0 Å². The third kappa shape index (κ3) is 4.15. The molecule has 1 aromatic rings. The SMILES string of the molecule is CCCC(C)NS(=O)(=O)c1ccc(Cl)c([N+](=O)[O-])c1. The van der Waals surface area contributed by atoms with E-state index in [0.29, 0.717) is 6.42 Å². The quantitative estimate of drug-likeness (QED) is 0.646. The van der Waals surface area contributed by atoms with Crippen LogP contribution in [0.2, 0.25) is 5.02 Å². The molecule has 0 saturated heterocycles. The number of sulfonamides is 1. The summed E-state index contributed by atoms with van der Waals surface area (Å²) in [6.45, 7) is 3.68. The normalized spacial score (nSPS) is 13.2. The van der Waals surface area contributed by atoms with Crippen LogP contribution >= 0.6 is 11.6 Å². The number of benzene rings is 1. The summed E-state index contributed by atoms with van der Waals surface area (Å²) >= 11 is 5.64. The number of rotatable bonds is 6. The minimum absolute atomic E-state index is 0.0921. The highest BCUT2D eigenvalue weighted by molar-refractivity contribution is 7.89. The Kier molecular flexibility index (Phi) is 5.28. The molecule has 1 aromatic carbocycles. The molecule has 0 aliphatic rings. The molecule has 1 atom stereocenters. The molecule has 0 fully saturated rings. The smallest absolute Gasteiger partial charge is 0.258 e. The lowest BCUT2D eigenvalue weighted by atomic mass is 10.2. The van der Waals surface area contributed by atoms with Gasteiger partial charge in [-0.25, -0.2) is 13.1 Å². The second-order valence-electron chi connectivity index (χ2n) is 4.18. The van der Waals surface area contributed by atoms with Crippen LogP contribution in [0, 0.1) is 10.1 Å². The number of nitrogens with zero attached hydrogens (tertiary/aromatic N) is 1. The van der Waals surface area contributed by atoms with Crippen LogP contribution in [0.3, 0.4) is 0 Å². The summed E-state index contributed by atoms with van der Waals surface area (Å²) in [6.07, 6.45) is 1.53. The zero-order valence-electron chi connectivity index (χ0n) is 10.6. The zero-order chi connectivity index (χ0) is 14.6. The Hall–Kier alpha value is -1.18. The van der Waals surface area contributed by atoms with E-state index in [1.807, 2.05) is 6.92 Å². The van der Waals surface area contributed by atoms with E-state index in [2.05, 4.69) is 4.72 Å². The maximum atomic E-state index is 12.0. The van der Waals surface area contributed by atoms with Crippen molar-refractivity contribution in [1.29, 1.82) is 0 Å². The molecule has 0 heterocycles. The molecular formula is C11H15ClN2O4S. The Bertz CT molecular complexity index is 574. The van der Waals surface area contributed by atoms with E-state index in [4.69, 9.17) is 11.6 Å². The first-order valence-electron chi connectivity index (χ1n) is 5.74. The van der Waals surface area contributed by atoms with Gasteiger partial charge in [0, 0.05) is 12.1 Å². The second-order valence-corrected chi connectivity index (χ2v) is 6.30. The number of hydrogen-bond acceptors (Lipinski definition) is 4. The third-order valence-corrected chi connectivity index (χ3v) is 4.41. The van der Waals surface area contributed by atoms with Crippen molar-refractivity contribution in [2.75, 3.05) is 0 Å². The fraction of sp³-hybridized carbons (Fsp3) is 0.455. The lowest BCUT2D eigenvalue weighted by Gasteiger charge is -2.13. The lowest BCUT2D eigenvalue weighted by Crippen LogP contribution is -2.32. The number of halogens is 1. The Morgan fingerprint density at radius 1 is 1.47 bits per heavy atom. The van der Waals surface area contributed by atoms with Gasteiger partial charge in [0.15, 0.2) is 0 Å². The predicted octanol–water partition coefficient (Wildman–Crippen LogP) is 2.72. The van der Waals surface area contributed by atoms with E-state index in [1.54, 1.807) is 6.92 Å². The first-order valence-corrected chi connectivity index (χ1v) is 7.60. The summed E-state index contributed by atoms with van der Waals surface area (Å²) in [4.78, 5) is 9.86. The molecule has 1 N–H and O–H groups in total. The van der Waals surface area contributed by atoms with Gasteiger partial charge in [-0.05, 0) is 25.5 Å². The Balaban J connectivity index is 3.08. The number of nitro benzene ring substituents is 1. The highest BCUT2D eigenvalue weighted by Crippen LogP contribution is 2.27. The number of hydrogen-bond donors (Lipinski definition) is 1.